The van der Waals surface area contributed by atoms with Crippen molar-refractivity contribution in [1.82, 2.24) is 10.3 Å². The quantitative estimate of drug-likeness (QED) is 0.768. The van der Waals surface area contributed by atoms with E-state index in [2.05, 4.69) is 10.3 Å². The number of pyridine rings is 1. The number of amides is 1. The molecule has 0 fully saturated rings. The zero-order valence-corrected chi connectivity index (χ0v) is 13.2. The first kappa shape index (κ1) is 15.7. The summed E-state index contributed by atoms with van der Waals surface area (Å²) in [6, 6.07) is 17.6. The SMILES string of the molecule is O=C(NCC=Cc1cccc2ccncc12)OCc1ccccc1. The molecule has 0 saturated heterocycles. The maximum absolute atomic E-state index is 11.7. The van der Waals surface area contributed by atoms with E-state index in [4.69, 9.17) is 4.74 Å². The molecule has 24 heavy (non-hydrogen) atoms. The Kier molecular flexibility index (Phi) is 5.20. The third-order valence-corrected chi connectivity index (χ3v) is 3.59. The highest BCUT2D eigenvalue weighted by atomic mass is 16.5. The molecule has 0 radical (unpaired) electrons. The zero-order valence-electron chi connectivity index (χ0n) is 13.2. The van der Waals surface area contributed by atoms with Crippen molar-refractivity contribution in [3.05, 3.63) is 84.2 Å². The molecule has 0 aliphatic heterocycles. The van der Waals surface area contributed by atoms with Gasteiger partial charge < -0.3 is 10.1 Å². The molecule has 0 aliphatic rings. The van der Waals surface area contributed by atoms with Crippen LogP contribution in [0.3, 0.4) is 0 Å². The molecule has 1 amide bonds. The number of carbonyl (C=O) groups is 1. The van der Waals surface area contributed by atoms with Gasteiger partial charge in [-0.05, 0) is 22.6 Å². The van der Waals surface area contributed by atoms with Gasteiger partial charge in [-0.15, -0.1) is 0 Å². The Morgan fingerprint density at radius 2 is 1.96 bits per heavy atom. The third kappa shape index (κ3) is 4.20. The first-order valence-electron chi connectivity index (χ1n) is 7.77. The van der Waals surface area contributed by atoms with Crippen molar-refractivity contribution in [1.29, 1.82) is 0 Å². The van der Waals surface area contributed by atoms with Crippen LogP contribution in [0.15, 0.2) is 73.1 Å². The number of fused-ring (bicyclic) bond motifs is 1. The molecule has 2 aromatic carbocycles. The summed E-state index contributed by atoms with van der Waals surface area (Å²) in [5, 5.41) is 4.93. The molecule has 1 heterocycles. The summed E-state index contributed by atoms with van der Waals surface area (Å²) >= 11 is 0. The van der Waals surface area contributed by atoms with Gasteiger partial charge in [0.15, 0.2) is 0 Å². The predicted octanol–water partition coefficient (Wildman–Crippen LogP) is 4.17. The Bertz CT molecular complexity index is 839. The molecule has 4 heteroatoms. The van der Waals surface area contributed by atoms with Gasteiger partial charge in [0.05, 0.1) is 0 Å². The summed E-state index contributed by atoms with van der Waals surface area (Å²) in [6.07, 6.45) is 7.06. The van der Waals surface area contributed by atoms with Crippen LogP contribution < -0.4 is 5.32 Å². The number of benzene rings is 2. The van der Waals surface area contributed by atoms with Gasteiger partial charge in [0.25, 0.3) is 0 Å². The summed E-state index contributed by atoms with van der Waals surface area (Å²) in [5.41, 5.74) is 2.03. The second-order valence-electron chi connectivity index (χ2n) is 5.29. The number of nitrogens with zero attached hydrogens (tertiary/aromatic N) is 1. The van der Waals surface area contributed by atoms with Crippen molar-refractivity contribution in [3.63, 3.8) is 0 Å². The van der Waals surface area contributed by atoms with E-state index < -0.39 is 6.09 Å². The number of alkyl carbamates (subject to hydrolysis) is 1. The Hall–Kier alpha value is -3.14. The summed E-state index contributed by atoms with van der Waals surface area (Å²) in [5.74, 6) is 0. The van der Waals surface area contributed by atoms with Crippen LogP contribution in [0.1, 0.15) is 11.1 Å². The van der Waals surface area contributed by atoms with E-state index in [1.165, 1.54) is 0 Å². The molecular weight excluding hydrogens is 300 g/mol. The monoisotopic (exact) mass is 318 g/mol. The molecule has 120 valence electrons. The second-order valence-corrected chi connectivity index (χ2v) is 5.29. The van der Waals surface area contributed by atoms with E-state index in [1.54, 1.807) is 6.20 Å². The largest absolute Gasteiger partial charge is 0.445 e. The summed E-state index contributed by atoms with van der Waals surface area (Å²) in [4.78, 5) is 15.8. The molecule has 3 rings (SSSR count). The Morgan fingerprint density at radius 3 is 2.83 bits per heavy atom. The van der Waals surface area contributed by atoms with Gasteiger partial charge in [-0.2, -0.15) is 0 Å². The van der Waals surface area contributed by atoms with Gasteiger partial charge in [-0.3, -0.25) is 4.98 Å². The molecule has 0 bridgehead atoms. The summed E-state index contributed by atoms with van der Waals surface area (Å²) in [6.45, 7) is 0.676. The highest BCUT2D eigenvalue weighted by molar-refractivity contribution is 5.89. The number of hydrogen-bond acceptors (Lipinski definition) is 3. The molecule has 0 spiro atoms. The van der Waals surface area contributed by atoms with E-state index in [0.29, 0.717) is 6.54 Å². The lowest BCUT2D eigenvalue weighted by molar-refractivity contribution is 0.141. The fraction of sp³-hybridized carbons (Fsp3) is 0.100. The molecule has 0 atom stereocenters. The number of hydrogen-bond donors (Lipinski definition) is 1. The van der Waals surface area contributed by atoms with Crippen molar-refractivity contribution in [2.24, 2.45) is 0 Å². The Labute approximate surface area is 140 Å². The number of nitrogens with one attached hydrogen (secondary N) is 1. The van der Waals surface area contributed by atoms with Crippen molar-refractivity contribution < 1.29 is 9.53 Å². The zero-order chi connectivity index (χ0) is 16.6. The summed E-state index contributed by atoms with van der Waals surface area (Å²) in [7, 11) is 0. The highest BCUT2D eigenvalue weighted by Gasteiger charge is 2.01. The van der Waals surface area contributed by atoms with Crippen LogP contribution in [0.5, 0.6) is 0 Å². The average molecular weight is 318 g/mol. The normalized spacial score (nSPS) is 10.8. The van der Waals surface area contributed by atoms with E-state index in [1.807, 2.05) is 72.9 Å². The minimum absolute atomic E-state index is 0.269. The standard InChI is InChI=1S/C20H18N2O2/c23-20(24-15-16-6-2-1-3-7-16)22-12-5-10-17-8-4-9-18-11-13-21-14-19(17)18/h1-11,13-14H,12,15H2,(H,22,23). The first-order valence-corrected chi connectivity index (χ1v) is 7.77. The number of carbonyl (C=O) groups excluding carboxylic acids is 1. The number of ether oxygens (including phenoxy) is 1. The number of aromatic nitrogens is 1. The average Bonchev–Trinajstić information content (AvgIpc) is 2.64. The maximum Gasteiger partial charge on any atom is 0.407 e. The smallest absolute Gasteiger partial charge is 0.407 e. The molecular formula is C20H18N2O2. The molecule has 0 saturated carbocycles. The fourth-order valence-corrected chi connectivity index (χ4v) is 2.38. The van der Waals surface area contributed by atoms with E-state index in [-0.39, 0.29) is 6.61 Å². The lowest BCUT2D eigenvalue weighted by atomic mass is 10.1. The van der Waals surface area contributed by atoms with Crippen molar-refractivity contribution in [3.8, 4) is 0 Å². The Balaban J connectivity index is 1.50. The minimum atomic E-state index is -0.428. The predicted molar refractivity (Wildman–Crippen MR) is 95.4 cm³/mol. The topological polar surface area (TPSA) is 51.2 Å². The van der Waals surface area contributed by atoms with Crippen molar-refractivity contribution in [2.45, 2.75) is 6.61 Å². The molecule has 0 unspecified atom stereocenters. The fourth-order valence-electron chi connectivity index (χ4n) is 2.38. The van der Waals surface area contributed by atoms with Crippen LogP contribution in [0.4, 0.5) is 4.79 Å². The van der Waals surface area contributed by atoms with Gasteiger partial charge in [0.1, 0.15) is 6.61 Å². The molecule has 3 aromatic rings. The van der Waals surface area contributed by atoms with Crippen LogP contribution in [0, 0.1) is 0 Å². The van der Waals surface area contributed by atoms with E-state index in [9.17, 15) is 4.79 Å². The molecule has 1 aromatic heterocycles. The molecule has 1 N–H and O–H groups in total. The van der Waals surface area contributed by atoms with E-state index in [0.717, 1.165) is 21.9 Å². The maximum atomic E-state index is 11.7. The molecule has 0 aliphatic carbocycles. The van der Waals surface area contributed by atoms with Crippen LogP contribution >= 0.6 is 0 Å². The van der Waals surface area contributed by atoms with Crippen LogP contribution in [0.25, 0.3) is 16.8 Å². The van der Waals surface area contributed by atoms with Gasteiger partial charge in [-0.1, -0.05) is 60.7 Å². The van der Waals surface area contributed by atoms with Gasteiger partial charge in [0.2, 0.25) is 0 Å². The van der Waals surface area contributed by atoms with Crippen LogP contribution in [0.2, 0.25) is 0 Å². The highest BCUT2D eigenvalue weighted by Crippen LogP contribution is 2.18. The van der Waals surface area contributed by atoms with Gasteiger partial charge in [0, 0.05) is 24.3 Å². The minimum Gasteiger partial charge on any atom is -0.445 e. The molecule has 4 nitrogen and oxygen atoms in total. The summed E-state index contributed by atoms with van der Waals surface area (Å²) < 4.78 is 5.16. The van der Waals surface area contributed by atoms with Crippen LogP contribution in [-0.2, 0) is 11.3 Å². The van der Waals surface area contributed by atoms with Gasteiger partial charge >= 0.3 is 6.09 Å². The van der Waals surface area contributed by atoms with Crippen molar-refractivity contribution >= 4 is 22.9 Å². The first-order chi connectivity index (χ1) is 11.8. The second kappa shape index (κ2) is 7.92. The Morgan fingerprint density at radius 1 is 1.08 bits per heavy atom. The van der Waals surface area contributed by atoms with Crippen molar-refractivity contribution in [2.75, 3.05) is 6.54 Å². The van der Waals surface area contributed by atoms with Crippen LogP contribution in [-0.4, -0.2) is 17.6 Å². The van der Waals surface area contributed by atoms with E-state index >= 15 is 0 Å². The number of rotatable bonds is 5. The third-order valence-electron chi connectivity index (χ3n) is 3.59. The lowest BCUT2D eigenvalue weighted by Gasteiger charge is -2.05. The lowest BCUT2D eigenvalue weighted by Crippen LogP contribution is -2.24. The van der Waals surface area contributed by atoms with Gasteiger partial charge in [-0.25, -0.2) is 4.79 Å².